The Hall–Kier alpha value is -2.04. The van der Waals surface area contributed by atoms with Crippen molar-refractivity contribution in [1.29, 1.82) is 0 Å². The summed E-state index contributed by atoms with van der Waals surface area (Å²) in [5.74, 6) is -1.98. The Bertz CT molecular complexity index is 577. The van der Waals surface area contributed by atoms with E-state index in [1.54, 1.807) is 6.92 Å². The predicted molar refractivity (Wildman–Crippen MR) is 81.9 cm³/mol. The van der Waals surface area contributed by atoms with Gasteiger partial charge in [0.15, 0.2) is 5.41 Å². The van der Waals surface area contributed by atoms with Crippen LogP contribution in [0.2, 0.25) is 0 Å². The molecule has 5 heteroatoms. The minimum atomic E-state index is -1.38. The van der Waals surface area contributed by atoms with E-state index in [1.165, 1.54) is 18.5 Å². The molecule has 22 heavy (non-hydrogen) atoms. The standard InChI is InChI=1S/C17H21NO4/c1-2-22-16(21)17(15(19)20)11-14(17)12-5-7-13(8-6-12)18-9-3-4-10-18/h5-8,14H,2-4,9-11H2,1H3,(H,19,20). The molecule has 1 heterocycles. The molecule has 0 amide bonds. The van der Waals surface area contributed by atoms with Crippen LogP contribution in [0.5, 0.6) is 0 Å². The molecule has 0 aromatic heterocycles. The van der Waals surface area contributed by atoms with Gasteiger partial charge in [0.1, 0.15) is 0 Å². The zero-order valence-electron chi connectivity index (χ0n) is 12.7. The van der Waals surface area contributed by atoms with E-state index in [-0.39, 0.29) is 12.5 Å². The van der Waals surface area contributed by atoms with Crippen molar-refractivity contribution in [2.24, 2.45) is 5.41 Å². The van der Waals surface area contributed by atoms with Gasteiger partial charge in [-0.25, -0.2) is 0 Å². The number of hydrogen-bond donors (Lipinski definition) is 1. The van der Waals surface area contributed by atoms with Crippen LogP contribution in [0.3, 0.4) is 0 Å². The summed E-state index contributed by atoms with van der Waals surface area (Å²) >= 11 is 0. The fraction of sp³-hybridized carbons (Fsp3) is 0.529. The van der Waals surface area contributed by atoms with Crippen molar-refractivity contribution in [2.75, 3.05) is 24.6 Å². The zero-order chi connectivity index (χ0) is 15.7. The number of ether oxygens (including phenoxy) is 1. The van der Waals surface area contributed by atoms with Gasteiger partial charge in [-0.3, -0.25) is 9.59 Å². The summed E-state index contributed by atoms with van der Waals surface area (Å²) < 4.78 is 4.96. The molecule has 2 aliphatic rings. The molecule has 0 bridgehead atoms. The first-order valence-electron chi connectivity index (χ1n) is 7.85. The molecule has 1 aromatic rings. The van der Waals surface area contributed by atoms with Crippen LogP contribution in [0.25, 0.3) is 0 Å². The maximum atomic E-state index is 12.0. The highest BCUT2D eigenvalue weighted by molar-refractivity contribution is 6.04. The monoisotopic (exact) mass is 303 g/mol. The van der Waals surface area contributed by atoms with Crippen LogP contribution in [-0.2, 0) is 14.3 Å². The molecule has 1 aliphatic carbocycles. The number of anilines is 1. The molecule has 2 atom stereocenters. The number of carbonyl (C=O) groups is 2. The van der Waals surface area contributed by atoms with Crippen LogP contribution >= 0.6 is 0 Å². The van der Waals surface area contributed by atoms with Crippen molar-refractivity contribution in [1.82, 2.24) is 0 Å². The third-order valence-electron chi connectivity index (χ3n) is 4.75. The van der Waals surface area contributed by atoms with Gasteiger partial charge < -0.3 is 14.7 Å². The largest absolute Gasteiger partial charge is 0.480 e. The van der Waals surface area contributed by atoms with E-state index < -0.39 is 17.4 Å². The Balaban J connectivity index is 1.77. The third kappa shape index (κ3) is 2.34. The first kappa shape index (κ1) is 14.9. The van der Waals surface area contributed by atoms with Crippen LogP contribution < -0.4 is 4.90 Å². The Morgan fingerprint density at radius 2 is 1.91 bits per heavy atom. The molecule has 1 aliphatic heterocycles. The summed E-state index contributed by atoms with van der Waals surface area (Å²) in [4.78, 5) is 25.9. The molecular formula is C17H21NO4. The minimum absolute atomic E-state index is 0.203. The lowest BCUT2D eigenvalue weighted by molar-refractivity contribution is -0.161. The second-order valence-electron chi connectivity index (χ2n) is 6.04. The number of carboxylic acid groups (broad SMARTS) is 1. The van der Waals surface area contributed by atoms with Crippen molar-refractivity contribution in [3.63, 3.8) is 0 Å². The number of carbonyl (C=O) groups excluding carboxylic acids is 1. The van der Waals surface area contributed by atoms with Crippen molar-refractivity contribution in [2.45, 2.75) is 32.1 Å². The smallest absolute Gasteiger partial charge is 0.324 e. The van der Waals surface area contributed by atoms with E-state index in [0.717, 1.165) is 18.7 Å². The van der Waals surface area contributed by atoms with Crippen molar-refractivity contribution in [3.8, 4) is 0 Å². The Labute approximate surface area is 129 Å². The molecule has 1 N–H and O–H groups in total. The SMILES string of the molecule is CCOC(=O)C1(C(=O)O)CC1c1ccc(N2CCCC2)cc1. The fourth-order valence-corrected chi connectivity index (χ4v) is 3.37. The molecule has 1 saturated heterocycles. The van der Waals surface area contributed by atoms with Crippen LogP contribution in [0.1, 0.15) is 37.7 Å². The molecule has 0 spiro atoms. The molecule has 1 saturated carbocycles. The van der Waals surface area contributed by atoms with E-state index >= 15 is 0 Å². The molecule has 2 fully saturated rings. The maximum absolute atomic E-state index is 12.0. The Kier molecular flexibility index (Phi) is 3.81. The first-order chi connectivity index (χ1) is 10.6. The van der Waals surface area contributed by atoms with Gasteiger partial charge >= 0.3 is 11.9 Å². The molecule has 1 aromatic carbocycles. The van der Waals surface area contributed by atoms with Gasteiger partial charge in [-0.1, -0.05) is 12.1 Å². The number of nitrogens with zero attached hydrogens (tertiary/aromatic N) is 1. The van der Waals surface area contributed by atoms with E-state index in [2.05, 4.69) is 4.90 Å². The Morgan fingerprint density at radius 3 is 2.45 bits per heavy atom. The van der Waals surface area contributed by atoms with Crippen LogP contribution in [0.15, 0.2) is 24.3 Å². The number of hydrogen-bond acceptors (Lipinski definition) is 4. The lowest BCUT2D eigenvalue weighted by Crippen LogP contribution is -2.29. The van der Waals surface area contributed by atoms with Gasteiger partial charge in [-0.05, 0) is 43.9 Å². The average molecular weight is 303 g/mol. The van der Waals surface area contributed by atoms with E-state index in [9.17, 15) is 14.7 Å². The van der Waals surface area contributed by atoms with Crippen molar-refractivity contribution in [3.05, 3.63) is 29.8 Å². The van der Waals surface area contributed by atoms with E-state index in [0.29, 0.717) is 6.42 Å². The lowest BCUT2D eigenvalue weighted by atomic mass is 9.99. The molecule has 0 radical (unpaired) electrons. The summed E-state index contributed by atoms with van der Waals surface area (Å²) in [6.07, 6.45) is 2.76. The predicted octanol–water partition coefficient (Wildman–Crippen LogP) is 2.41. The van der Waals surface area contributed by atoms with E-state index in [1.807, 2.05) is 24.3 Å². The second-order valence-corrected chi connectivity index (χ2v) is 6.04. The Morgan fingerprint density at radius 1 is 1.27 bits per heavy atom. The molecule has 3 rings (SSSR count). The number of benzene rings is 1. The highest BCUT2D eigenvalue weighted by atomic mass is 16.5. The van der Waals surface area contributed by atoms with Crippen molar-refractivity contribution >= 4 is 17.6 Å². The third-order valence-corrected chi connectivity index (χ3v) is 4.75. The number of carboxylic acids is 1. The second kappa shape index (κ2) is 5.63. The van der Waals surface area contributed by atoms with Crippen LogP contribution in [0.4, 0.5) is 5.69 Å². The normalized spacial score (nSPS) is 26.8. The van der Waals surface area contributed by atoms with Gasteiger partial charge in [0, 0.05) is 24.7 Å². The van der Waals surface area contributed by atoms with Crippen LogP contribution in [-0.4, -0.2) is 36.7 Å². The highest BCUT2D eigenvalue weighted by Gasteiger charge is 2.68. The molecule has 118 valence electrons. The zero-order valence-corrected chi connectivity index (χ0v) is 12.7. The van der Waals surface area contributed by atoms with Crippen LogP contribution in [0, 0.1) is 5.41 Å². The molecule has 2 unspecified atom stereocenters. The number of rotatable bonds is 5. The fourth-order valence-electron chi connectivity index (χ4n) is 3.37. The number of esters is 1. The van der Waals surface area contributed by atoms with Gasteiger partial charge in [-0.2, -0.15) is 0 Å². The summed E-state index contributed by atoms with van der Waals surface area (Å²) in [6.45, 7) is 4.04. The summed E-state index contributed by atoms with van der Waals surface area (Å²) in [5, 5.41) is 9.45. The number of aliphatic carboxylic acids is 1. The molecule has 5 nitrogen and oxygen atoms in total. The quantitative estimate of drug-likeness (QED) is 0.668. The summed E-state index contributed by atoms with van der Waals surface area (Å²) in [7, 11) is 0. The van der Waals surface area contributed by atoms with Gasteiger partial charge in [0.25, 0.3) is 0 Å². The average Bonchev–Trinajstić information content (AvgIpc) is 3.05. The highest BCUT2D eigenvalue weighted by Crippen LogP contribution is 2.60. The summed E-state index contributed by atoms with van der Waals surface area (Å²) in [6, 6.07) is 7.94. The maximum Gasteiger partial charge on any atom is 0.324 e. The van der Waals surface area contributed by atoms with Gasteiger partial charge in [0.2, 0.25) is 0 Å². The van der Waals surface area contributed by atoms with E-state index in [4.69, 9.17) is 4.74 Å². The lowest BCUT2D eigenvalue weighted by Gasteiger charge is -2.18. The van der Waals surface area contributed by atoms with Gasteiger partial charge in [-0.15, -0.1) is 0 Å². The topological polar surface area (TPSA) is 66.8 Å². The first-order valence-corrected chi connectivity index (χ1v) is 7.85. The molecular weight excluding hydrogens is 282 g/mol. The minimum Gasteiger partial charge on any atom is -0.480 e. The van der Waals surface area contributed by atoms with Crippen molar-refractivity contribution < 1.29 is 19.4 Å². The van der Waals surface area contributed by atoms with Gasteiger partial charge in [0.05, 0.1) is 6.61 Å². The summed E-state index contributed by atoms with van der Waals surface area (Å²) in [5.41, 5.74) is 0.683.